The Morgan fingerprint density at radius 2 is 1.82 bits per heavy atom. The molecule has 0 bridgehead atoms. The molecule has 164 valence electrons. The van der Waals surface area contributed by atoms with Gasteiger partial charge >= 0.3 is 5.97 Å². The van der Waals surface area contributed by atoms with Crippen LogP contribution in [-0.2, 0) is 0 Å². The van der Waals surface area contributed by atoms with Crippen LogP contribution >= 0.6 is 39.1 Å². The lowest BCUT2D eigenvalue weighted by molar-refractivity contribution is 0.0702. The lowest BCUT2D eigenvalue weighted by Crippen LogP contribution is -2.08. The van der Waals surface area contributed by atoms with Crippen LogP contribution in [0, 0.1) is 6.92 Å². The number of hydrogen-bond acceptors (Lipinski definition) is 5. The number of ether oxygens (including phenoxy) is 2. The molecular weight excluding hydrogens is 531 g/mol. The summed E-state index contributed by atoms with van der Waals surface area (Å²) in [6, 6.07) is 15.2. The van der Waals surface area contributed by atoms with Crippen molar-refractivity contribution in [3.8, 4) is 11.5 Å². The molecule has 0 unspecified atom stereocenters. The molecule has 1 aliphatic rings. The van der Waals surface area contributed by atoms with E-state index in [9.17, 15) is 9.59 Å². The Morgan fingerprint density at radius 1 is 1.06 bits per heavy atom. The first-order valence-electron chi connectivity index (χ1n) is 9.75. The third-order valence-corrected chi connectivity index (χ3v) is 6.35. The number of rotatable bonds is 3. The Hall–Kier alpha value is -3.06. The van der Waals surface area contributed by atoms with E-state index in [0.29, 0.717) is 38.1 Å². The van der Waals surface area contributed by atoms with Crippen molar-refractivity contribution < 1.29 is 23.5 Å². The standard InChI is InChI=1S/C25H13BrCl2O5/c1-12-19(33-25(30)22-10-13-9-14(26)5-7-20(13)31-22)8-6-15-23(29)21(32-24(12)15)11-16-17(27)3-2-4-18(16)28/h2-11H,1H3/b21-11-. The molecule has 0 spiro atoms. The van der Waals surface area contributed by atoms with Gasteiger partial charge in [-0.15, -0.1) is 0 Å². The Balaban J connectivity index is 1.44. The zero-order valence-corrected chi connectivity index (χ0v) is 20.0. The summed E-state index contributed by atoms with van der Waals surface area (Å²) in [5.74, 6) is -0.264. The van der Waals surface area contributed by atoms with Crippen molar-refractivity contribution in [3.63, 3.8) is 0 Å². The van der Waals surface area contributed by atoms with Gasteiger partial charge in [0.25, 0.3) is 0 Å². The number of carbonyl (C=O) groups excluding carboxylic acids is 2. The van der Waals surface area contributed by atoms with Crippen LogP contribution in [0.5, 0.6) is 11.5 Å². The fourth-order valence-electron chi connectivity index (χ4n) is 3.52. The van der Waals surface area contributed by atoms with E-state index in [-0.39, 0.29) is 23.1 Å². The number of Topliss-reactive ketones (excluding diaryl/α,β-unsaturated/α-hetero) is 1. The van der Waals surface area contributed by atoms with Gasteiger partial charge in [-0.25, -0.2) is 4.79 Å². The summed E-state index contributed by atoms with van der Waals surface area (Å²) in [5.41, 5.74) is 1.91. The molecule has 3 aromatic carbocycles. The van der Waals surface area contributed by atoms with Gasteiger partial charge in [0.15, 0.2) is 5.76 Å². The van der Waals surface area contributed by atoms with E-state index in [1.807, 2.05) is 12.1 Å². The van der Waals surface area contributed by atoms with Crippen LogP contribution < -0.4 is 9.47 Å². The molecule has 0 aliphatic carbocycles. The van der Waals surface area contributed by atoms with Crippen LogP contribution in [0.25, 0.3) is 17.0 Å². The average Bonchev–Trinajstić information content (AvgIpc) is 3.34. The van der Waals surface area contributed by atoms with Crippen molar-refractivity contribution in [1.82, 2.24) is 0 Å². The van der Waals surface area contributed by atoms with E-state index in [2.05, 4.69) is 15.9 Å². The summed E-state index contributed by atoms with van der Waals surface area (Å²) >= 11 is 15.8. The van der Waals surface area contributed by atoms with Crippen molar-refractivity contribution in [2.75, 3.05) is 0 Å². The molecule has 1 aromatic heterocycles. The molecule has 0 fully saturated rings. The van der Waals surface area contributed by atoms with Crippen molar-refractivity contribution in [3.05, 3.63) is 97.3 Å². The summed E-state index contributed by atoms with van der Waals surface area (Å²) in [6.07, 6.45) is 1.50. The molecule has 0 atom stereocenters. The first-order chi connectivity index (χ1) is 15.8. The number of halogens is 3. The van der Waals surface area contributed by atoms with Crippen LogP contribution in [0.15, 0.2) is 69.2 Å². The van der Waals surface area contributed by atoms with Crippen LogP contribution in [-0.4, -0.2) is 11.8 Å². The zero-order chi connectivity index (χ0) is 23.3. The van der Waals surface area contributed by atoms with E-state index in [1.54, 1.807) is 49.4 Å². The van der Waals surface area contributed by atoms with Gasteiger partial charge in [0.2, 0.25) is 11.5 Å². The smallest absolute Gasteiger partial charge is 0.379 e. The molecule has 2 heterocycles. The number of ketones is 1. The Bertz CT molecular complexity index is 1480. The molecule has 0 saturated heterocycles. The highest BCUT2D eigenvalue weighted by atomic mass is 79.9. The number of furan rings is 1. The highest BCUT2D eigenvalue weighted by molar-refractivity contribution is 9.10. The summed E-state index contributed by atoms with van der Waals surface area (Å²) in [5, 5.41) is 1.56. The number of esters is 1. The van der Waals surface area contributed by atoms with E-state index in [0.717, 1.165) is 9.86 Å². The molecule has 4 aromatic rings. The fourth-order valence-corrected chi connectivity index (χ4v) is 4.41. The van der Waals surface area contributed by atoms with Crippen LogP contribution in [0.1, 0.15) is 32.0 Å². The molecule has 0 amide bonds. The molecule has 5 rings (SSSR count). The van der Waals surface area contributed by atoms with Gasteiger partial charge in [0.1, 0.15) is 17.1 Å². The van der Waals surface area contributed by atoms with Gasteiger partial charge in [-0.3, -0.25) is 4.79 Å². The average molecular weight is 544 g/mol. The number of fused-ring (bicyclic) bond motifs is 2. The lowest BCUT2D eigenvalue weighted by atomic mass is 10.1. The molecule has 0 saturated carbocycles. The quantitative estimate of drug-likeness (QED) is 0.151. The SMILES string of the molecule is Cc1c(OC(=O)c2cc3cc(Br)ccc3o2)ccc2c1O/C(=C\c1c(Cl)cccc1Cl)C2=O. The topological polar surface area (TPSA) is 65.7 Å². The predicted molar refractivity (Wildman–Crippen MR) is 129 cm³/mol. The monoisotopic (exact) mass is 542 g/mol. The summed E-state index contributed by atoms with van der Waals surface area (Å²) in [4.78, 5) is 25.5. The van der Waals surface area contributed by atoms with Gasteiger partial charge < -0.3 is 13.9 Å². The highest BCUT2D eigenvalue weighted by Crippen LogP contribution is 2.40. The maximum Gasteiger partial charge on any atom is 0.379 e. The second-order valence-electron chi connectivity index (χ2n) is 7.32. The minimum Gasteiger partial charge on any atom is -0.452 e. The van der Waals surface area contributed by atoms with Gasteiger partial charge in [-0.1, -0.05) is 45.2 Å². The van der Waals surface area contributed by atoms with Crippen molar-refractivity contribution in [1.29, 1.82) is 0 Å². The summed E-state index contributed by atoms with van der Waals surface area (Å²) in [6.45, 7) is 1.70. The number of carbonyl (C=O) groups is 2. The normalized spacial score (nSPS) is 13.9. The predicted octanol–water partition coefficient (Wildman–Crippen LogP) is 7.65. The molecular formula is C25H13BrCl2O5. The maximum absolute atomic E-state index is 12.9. The summed E-state index contributed by atoms with van der Waals surface area (Å²) < 4.78 is 17.8. The van der Waals surface area contributed by atoms with Gasteiger partial charge in [-0.05, 0) is 61.5 Å². The second-order valence-corrected chi connectivity index (χ2v) is 9.05. The number of allylic oxidation sites excluding steroid dienone is 1. The van der Waals surface area contributed by atoms with E-state index < -0.39 is 5.97 Å². The zero-order valence-electron chi connectivity index (χ0n) is 16.9. The van der Waals surface area contributed by atoms with Crippen molar-refractivity contribution >= 4 is 67.9 Å². The van der Waals surface area contributed by atoms with Crippen molar-refractivity contribution in [2.45, 2.75) is 6.92 Å². The maximum atomic E-state index is 12.9. The van der Waals surface area contributed by atoms with Crippen LogP contribution in [0.3, 0.4) is 0 Å². The summed E-state index contributed by atoms with van der Waals surface area (Å²) in [7, 11) is 0. The fraction of sp³-hybridized carbons (Fsp3) is 0.0400. The minimum absolute atomic E-state index is 0.0638. The molecule has 8 heteroatoms. The molecule has 5 nitrogen and oxygen atoms in total. The number of benzene rings is 3. The molecule has 33 heavy (non-hydrogen) atoms. The molecule has 0 N–H and O–H groups in total. The van der Waals surface area contributed by atoms with Crippen LogP contribution in [0.2, 0.25) is 10.0 Å². The molecule has 1 aliphatic heterocycles. The van der Waals surface area contributed by atoms with E-state index in [4.69, 9.17) is 37.1 Å². The Kier molecular flexibility index (Phi) is 5.52. The van der Waals surface area contributed by atoms with Gasteiger partial charge in [-0.2, -0.15) is 0 Å². The Labute approximate surface area is 206 Å². The first-order valence-corrected chi connectivity index (χ1v) is 11.3. The molecule has 0 radical (unpaired) electrons. The van der Waals surface area contributed by atoms with E-state index >= 15 is 0 Å². The van der Waals surface area contributed by atoms with Crippen LogP contribution in [0.4, 0.5) is 0 Å². The largest absolute Gasteiger partial charge is 0.452 e. The van der Waals surface area contributed by atoms with Gasteiger partial charge in [0, 0.05) is 31.0 Å². The lowest BCUT2D eigenvalue weighted by Gasteiger charge is -2.09. The van der Waals surface area contributed by atoms with E-state index in [1.165, 1.54) is 6.08 Å². The Morgan fingerprint density at radius 3 is 2.58 bits per heavy atom. The third kappa shape index (κ3) is 3.95. The van der Waals surface area contributed by atoms with Gasteiger partial charge in [0.05, 0.1) is 5.56 Å². The minimum atomic E-state index is -0.659. The first kappa shape index (κ1) is 21.8. The van der Waals surface area contributed by atoms with Crippen molar-refractivity contribution in [2.24, 2.45) is 0 Å². The third-order valence-electron chi connectivity index (χ3n) is 5.19. The number of hydrogen-bond donors (Lipinski definition) is 0. The highest BCUT2D eigenvalue weighted by Gasteiger charge is 2.31. The second kappa shape index (κ2) is 8.37.